The van der Waals surface area contributed by atoms with Gasteiger partial charge in [-0.3, -0.25) is 19.2 Å². The minimum Gasteiger partial charge on any atom is -0.394 e. The molecule has 0 fully saturated rings. The van der Waals surface area contributed by atoms with Gasteiger partial charge < -0.3 is 15.7 Å². The van der Waals surface area contributed by atoms with Gasteiger partial charge in [-0.1, -0.05) is 24.3 Å². The second kappa shape index (κ2) is 7.97. The largest absolute Gasteiger partial charge is 0.394 e. The first-order chi connectivity index (χ1) is 14.5. The number of hydrogen-bond acceptors (Lipinski definition) is 7. The fraction of sp³-hybridized carbons (Fsp3) is 0.0952. The Bertz CT molecular complexity index is 1170. The Kier molecular flexibility index (Phi) is 5.21. The van der Waals surface area contributed by atoms with Crippen molar-refractivity contribution in [2.45, 2.75) is 6.04 Å². The van der Waals surface area contributed by atoms with Crippen LogP contribution in [0.25, 0.3) is 0 Å². The van der Waals surface area contributed by atoms with Crippen LogP contribution in [0.3, 0.4) is 0 Å². The Hall–Kier alpha value is -3.69. The van der Waals surface area contributed by atoms with Crippen molar-refractivity contribution >= 4 is 39.8 Å². The molecule has 1 aliphatic rings. The van der Waals surface area contributed by atoms with E-state index in [1.165, 1.54) is 35.7 Å². The molecule has 3 aromatic rings. The minimum atomic E-state index is -1.21. The number of hydrogen-bond donors (Lipinski definition) is 3. The summed E-state index contributed by atoms with van der Waals surface area (Å²) < 4.78 is 0. The molecular weight excluding hydrogens is 406 g/mol. The number of carbonyl (C=O) groups excluding carboxylic acids is 4. The lowest BCUT2D eigenvalue weighted by molar-refractivity contribution is -0.118. The van der Waals surface area contributed by atoms with Gasteiger partial charge in [0.2, 0.25) is 0 Å². The Morgan fingerprint density at radius 3 is 2.30 bits per heavy atom. The maximum atomic E-state index is 12.8. The summed E-state index contributed by atoms with van der Waals surface area (Å²) in [6, 6.07) is 9.44. The van der Waals surface area contributed by atoms with E-state index >= 15 is 0 Å². The molecule has 8 nitrogen and oxygen atoms in total. The number of aromatic nitrogens is 1. The molecule has 9 heteroatoms. The van der Waals surface area contributed by atoms with Crippen molar-refractivity contribution in [3.8, 4) is 0 Å². The molecule has 0 saturated heterocycles. The molecule has 1 aromatic heterocycles. The predicted octanol–water partition coefficient (Wildman–Crippen LogP) is 1.65. The van der Waals surface area contributed by atoms with Crippen LogP contribution in [-0.2, 0) is 4.79 Å². The number of thiazole rings is 1. The maximum absolute atomic E-state index is 12.8. The molecule has 3 N–H and O–H groups in total. The molecular formula is C21H15N3O5S. The first-order valence-corrected chi connectivity index (χ1v) is 9.82. The van der Waals surface area contributed by atoms with Gasteiger partial charge in [0.25, 0.3) is 11.8 Å². The first kappa shape index (κ1) is 19.6. The second-order valence-corrected chi connectivity index (χ2v) is 7.39. The lowest BCUT2D eigenvalue weighted by atomic mass is 9.83. The van der Waals surface area contributed by atoms with Crippen molar-refractivity contribution in [1.82, 2.24) is 10.3 Å². The third-order valence-electron chi connectivity index (χ3n) is 4.65. The fourth-order valence-electron chi connectivity index (χ4n) is 3.15. The Morgan fingerprint density at radius 2 is 1.67 bits per heavy atom. The maximum Gasteiger partial charge on any atom is 0.252 e. The van der Waals surface area contributed by atoms with Crippen molar-refractivity contribution in [2.24, 2.45) is 0 Å². The van der Waals surface area contributed by atoms with Crippen LogP contribution >= 0.6 is 11.3 Å². The van der Waals surface area contributed by atoms with E-state index in [-0.39, 0.29) is 33.8 Å². The summed E-state index contributed by atoms with van der Waals surface area (Å²) in [5.74, 6) is -1.93. The summed E-state index contributed by atoms with van der Waals surface area (Å²) in [4.78, 5) is 54.3. The number of nitrogens with zero attached hydrogens (tertiary/aromatic N) is 1. The number of aliphatic hydroxyl groups is 1. The van der Waals surface area contributed by atoms with Gasteiger partial charge in [0, 0.05) is 39.4 Å². The van der Waals surface area contributed by atoms with E-state index in [9.17, 15) is 24.3 Å². The van der Waals surface area contributed by atoms with E-state index in [0.29, 0.717) is 10.7 Å². The van der Waals surface area contributed by atoms with Crippen LogP contribution in [0.4, 0.5) is 5.13 Å². The van der Waals surface area contributed by atoms with E-state index in [2.05, 4.69) is 15.6 Å². The highest BCUT2D eigenvalue weighted by molar-refractivity contribution is 7.13. The van der Waals surface area contributed by atoms with Crippen molar-refractivity contribution < 1.29 is 24.3 Å². The Balaban J connectivity index is 1.56. The topological polar surface area (TPSA) is 125 Å². The second-order valence-electron chi connectivity index (χ2n) is 6.50. The monoisotopic (exact) mass is 421 g/mol. The molecule has 30 heavy (non-hydrogen) atoms. The SMILES string of the molecule is O=C(NC(CO)C(=O)Nc1nccs1)c1ccc2c(c1)C(=O)c1ccccc1C2=O. The van der Waals surface area contributed by atoms with Gasteiger partial charge in [-0.05, 0) is 18.2 Å². The number of carbonyl (C=O) groups is 4. The molecule has 1 unspecified atom stereocenters. The van der Waals surface area contributed by atoms with Crippen molar-refractivity contribution in [1.29, 1.82) is 0 Å². The van der Waals surface area contributed by atoms with Gasteiger partial charge in [-0.25, -0.2) is 4.98 Å². The molecule has 4 rings (SSSR count). The standard InChI is InChI=1S/C21H15N3O5S/c25-10-16(20(29)24-21-22-7-8-30-21)23-19(28)11-5-6-14-15(9-11)18(27)13-4-2-1-3-12(13)17(14)26/h1-9,16,25H,10H2,(H,23,28)(H,22,24,29). The summed E-state index contributed by atoms with van der Waals surface area (Å²) in [5.41, 5.74) is 1.04. The summed E-state index contributed by atoms with van der Waals surface area (Å²) in [5, 5.41) is 16.4. The average Bonchev–Trinajstić information content (AvgIpc) is 3.28. The zero-order valence-corrected chi connectivity index (χ0v) is 16.2. The van der Waals surface area contributed by atoms with Gasteiger partial charge in [-0.2, -0.15) is 0 Å². The number of rotatable bonds is 5. The summed E-state index contributed by atoms with van der Waals surface area (Å²) in [6.45, 7) is -0.626. The van der Waals surface area contributed by atoms with Crippen LogP contribution in [0.1, 0.15) is 42.2 Å². The zero-order valence-electron chi connectivity index (χ0n) is 15.4. The molecule has 0 spiro atoms. The highest BCUT2D eigenvalue weighted by Crippen LogP contribution is 2.27. The van der Waals surface area contributed by atoms with E-state index < -0.39 is 24.5 Å². The van der Waals surface area contributed by atoms with Crippen LogP contribution in [0.15, 0.2) is 54.0 Å². The van der Waals surface area contributed by atoms with Crippen molar-refractivity contribution in [2.75, 3.05) is 11.9 Å². The van der Waals surface area contributed by atoms with Gasteiger partial charge in [0.05, 0.1) is 6.61 Å². The number of amides is 2. The third kappa shape index (κ3) is 3.51. The van der Waals surface area contributed by atoms with E-state index in [0.717, 1.165) is 0 Å². The minimum absolute atomic E-state index is 0.0924. The highest BCUT2D eigenvalue weighted by Gasteiger charge is 2.30. The number of anilines is 1. The third-order valence-corrected chi connectivity index (χ3v) is 5.34. The summed E-state index contributed by atoms with van der Waals surface area (Å²) >= 11 is 1.20. The van der Waals surface area contributed by atoms with Gasteiger partial charge in [-0.15, -0.1) is 11.3 Å². The molecule has 1 aliphatic carbocycles. The van der Waals surface area contributed by atoms with E-state index in [1.807, 2.05) is 0 Å². The number of nitrogens with one attached hydrogen (secondary N) is 2. The van der Waals surface area contributed by atoms with Gasteiger partial charge in [0.15, 0.2) is 16.7 Å². The highest BCUT2D eigenvalue weighted by atomic mass is 32.1. The lowest BCUT2D eigenvalue weighted by Crippen LogP contribution is -2.46. The molecule has 0 radical (unpaired) electrons. The van der Waals surface area contributed by atoms with Crippen LogP contribution < -0.4 is 10.6 Å². The Labute approximate surface area is 174 Å². The predicted molar refractivity (Wildman–Crippen MR) is 109 cm³/mol. The fourth-order valence-corrected chi connectivity index (χ4v) is 3.69. The van der Waals surface area contributed by atoms with E-state index in [1.54, 1.807) is 29.6 Å². The summed E-state index contributed by atoms with van der Waals surface area (Å²) in [6.07, 6.45) is 1.51. The van der Waals surface area contributed by atoms with Crippen LogP contribution in [0.2, 0.25) is 0 Å². The molecule has 2 amide bonds. The molecule has 0 aliphatic heterocycles. The van der Waals surface area contributed by atoms with Crippen LogP contribution in [0.5, 0.6) is 0 Å². The van der Waals surface area contributed by atoms with Crippen LogP contribution in [-0.4, -0.2) is 46.1 Å². The Morgan fingerprint density at radius 1 is 1.00 bits per heavy atom. The number of fused-ring (bicyclic) bond motifs is 2. The number of ketones is 2. The van der Waals surface area contributed by atoms with Gasteiger partial charge >= 0.3 is 0 Å². The van der Waals surface area contributed by atoms with Crippen molar-refractivity contribution in [3.63, 3.8) is 0 Å². The number of benzene rings is 2. The molecule has 0 saturated carbocycles. The molecule has 1 atom stereocenters. The van der Waals surface area contributed by atoms with E-state index in [4.69, 9.17) is 0 Å². The van der Waals surface area contributed by atoms with Crippen molar-refractivity contribution in [3.05, 3.63) is 81.9 Å². The first-order valence-electron chi connectivity index (χ1n) is 8.94. The smallest absolute Gasteiger partial charge is 0.252 e. The molecule has 150 valence electrons. The zero-order chi connectivity index (χ0) is 21.3. The quantitative estimate of drug-likeness (QED) is 0.450. The molecule has 2 aromatic carbocycles. The normalized spacial score (nSPS) is 13.2. The average molecular weight is 421 g/mol. The van der Waals surface area contributed by atoms with Crippen LogP contribution in [0, 0.1) is 0 Å². The number of aliphatic hydroxyl groups excluding tert-OH is 1. The van der Waals surface area contributed by atoms with Gasteiger partial charge in [0.1, 0.15) is 6.04 Å². The molecule has 1 heterocycles. The lowest BCUT2D eigenvalue weighted by Gasteiger charge is -2.19. The summed E-state index contributed by atoms with van der Waals surface area (Å²) in [7, 11) is 0. The molecule has 0 bridgehead atoms.